The summed E-state index contributed by atoms with van der Waals surface area (Å²) in [5.41, 5.74) is 12.9. The summed E-state index contributed by atoms with van der Waals surface area (Å²) < 4.78 is 4.32. The first-order valence-corrected chi connectivity index (χ1v) is 16.3. The molecule has 0 aliphatic heterocycles. The number of nitrogens with zero attached hydrogens (tertiary/aromatic N) is 4. The van der Waals surface area contributed by atoms with Gasteiger partial charge in [-0.2, -0.15) is 0 Å². The molecule has 0 aliphatic rings. The van der Waals surface area contributed by atoms with E-state index < -0.39 is 0 Å². The van der Waals surface area contributed by atoms with Crippen molar-refractivity contribution in [2.45, 2.75) is 0 Å². The minimum Gasteiger partial charge on any atom is -0.300 e. The summed E-state index contributed by atoms with van der Waals surface area (Å²) in [6.45, 7) is 0. The van der Waals surface area contributed by atoms with Crippen LogP contribution in [0, 0.1) is 5.41 Å². The van der Waals surface area contributed by atoms with E-state index in [1.54, 1.807) is 0 Å². The predicted molar refractivity (Wildman–Crippen MR) is 202 cm³/mol. The zero-order valence-corrected chi connectivity index (χ0v) is 26.5. The third kappa shape index (κ3) is 4.86. The maximum absolute atomic E-state index is 8.99. The van der Waals surface area contributed by atoms with E-state index in [0.29, 0.717) is 5.71 Å². The number of benzene rings is 5. The van der Waals surface area contributed by atoms with Crippen LogP contribution in [0.4, 0.5) is 0 Å². The van der Waals surface area contributed by atoms with Crippen molar-refractivity contribution in [1.82, 2.24) is 19.2 Å². The van der Waals surface area contributed by atoms with Gasteiger partial charge in [-0.3, -0.25) is 9.99 Å². The average molecular weight is 631 g/mol. The molecule has 0 saturated carbocycles. The number of hydrogen-bond acceptors (Lipinski definition) is 4. The number of rotatable bonds is 7. The molecule has 0 bridgehead atoms. The molecule has 0 fully saturated rings. The second kappa shape index (κ2) is 11.8. The van der Waals surface area contributed by atoms with Crippen LogP contribution in [0.2, 0.25) is 0 Å². The molecule has 6 nitrogen and oxygen atoms in total. The highest BCUT2D eigenvalue weighted by Crippen LogP contribution is 2.40. The Balaban J connectivity index is 1.33. The monoisotopic (exact) mass is 630 g/mol. The Bertz CT molecular complexity index is 2670. The van der Waals surface area contributed by atoms with E-state index in [1.807, 2.05) is 85.2 Å². The average Bonchev–Trinajstić information content (AvgIpc) is 3.68. The fourth-order valence-electron chi connectivity index (χ4n) is 6.81. The third-order valence-electron chi connectivity index (χ3n) is 9.08. The van der Waals surface area contributed by atoms with Gasteiger partial charge in [0.15, 0.2) is 5.65 Å². The van der Waals surface area contributed by atoms with Crippen molar-refractivity contribution in [3.8, 4) is 16.9 Å². The van der Waals surface area contributed by atoms with Crippen LogP contribution in [0.1, 0.15) is 11.1 Å². The van der Waals surface area contributed by atoms with Crippen LogP contribution in [-0.4, -0.2) is 24.9 Å². The standard InChI is InChI=1S/C43H30N6/c44-36(30-16-6-2-7-17-30)27-37(31-18-8-3-9-19-31)47-49-39-21-11-10-20-33(39)41-42-35(28-46-43(41)49)34-26-32(29-14-4-1-5-15-29)23-24-38(34)48(42)40-22-12-13-25-45-40/h1-28,44,47H/b37-27-,44-36?. The smallest absolute Gasteiger partial charge is 0.162 e. The molecule has 0 radical (unpaired) electrons. The Morgan fingerprint density at radius 2 is 1.29 bits per heavy atom. The largest absolute Gasteiger partial charge is 0.300 e. The number of para-hydroxylation sites is 1. The van der Waals surface area contributed by atoms with E-state index in [9.17, 15) is 0 Å². The van der Waals surface area contributed by atoms with Crippen LogP contribution < -0.4 is 5.43 Å². The van der Waals surface area contributed by atoms with Crippen molar-refractivity contribution >= 4 is 55.2 Å². The van der Waals surface area contributed by atoms with Crippen molar-refractivity contribution in [3.63, 3.8) is 0 Å². The summed E-state index contributed by atoms with van der Waals surface area (Å²) in [7, 11) is 0. The maximum Gasteiger partial charge on any atom is 0.162 e. The summed E-state index contributed by atoms with van der Waals surface area (Å²) in [6, 6.07) is 51.5. The van der Waals surface area contributed by atoms with E-state index in [0.717, 1.165) is 71.9 Å². The second-order valence-corrected chi connectivity index (χ2v) is 12.0. The Hall–Kier alpha value is -6.79. The van der Waals surface area contributed by atoms with Crippen molar-refractivity contribution in [2.24, 2.45) is 0 Å². The molecular formula is C43H30N6. The second-order valence-electron chi connectivity index (χ2n) is 12.0. The predicted octanol–water partition coefficient (Wildman–Crippen LogP) is 10.0. The lowest BCUT2D eigenvalue weighted by Gasteiger charge is -2.15. The van der Waals surface area contributed by atoms with Gasteiger partial charge in [0.25, 0.3) is 0 Å². The molecule has 0 spiro atoms. The summed E-state index contributed by atoms with van der Waals surface area (Å²) >= 11 is 0. The van der Waals surface area contributed by atoms with Gasteiger partial charge in [0.1, 0.15) is 5.82 Å². The molecule has 0 amide bonds. The molecule has 232 valence electrons. The Morgan fingerprint density at radius 3 is 2.04 bits per heavy atom. The van der Waals surface area contributed by atoms with Gasteiger partial charge in [0.05, 0.1) is 33.3 Å². The molecular weight excluding hydrogens is 601 g/mol. The Labute approximate surface area is 282 Å². The molecule has 4 aromatic heterocycles. The molecule has 0 aliphatic carbocycles. The van der Waals surface area contributed by atoms with Crippen molar-refractivity contribution in [3.05, 3.63) is 181 Å². The normalized spacial score (nSPS) is 11.9. The van der Waals surface area contributed by atoms with Crippen LogP contribution in [0.3, 0.4) is 0 Å². The molecule has 6 heteroatoms. The molecule has 5 aromatic carbocycles. The lowest BCUT2D eigenvalue weighted by Crippen LogP contribution is -2.15. The first-order chi connectivity index (χ1) is 24.2. The molecule has 0 saturated heterocycles. The van der Waals surface area contributed by atoms with Gasteiger partial charge in [-0.25, -0.2) is 14.6 Å². The topological polar surface area (TPSA) is 71.5 Å². The molecule has 2 N–H and O–H groups in total. The van der Waals surface area contributed by atoms with Crippen molar-refractivity contribution in [2.75, 3.05) is 5.43 Å². The van der Waals surface area contributed by atoms with Crippen LogP contribution in [0.15, 0.2) is 170 Å². The highest BCUT2D eigenvalue weighted by Gasteiger charge is 2.22. The lowest BCUT2D eigenvalue weighted by molar-refractivity contribution is 1.04. The first kappa shape index (κ1) is 28.4. The zero-order valence-electron chi connectivity index (χ0n) is 26.5. The Kier molecular flexibility index (Phi) is 6.84. The van der Waals surface area contributed by atoms with Gasteiger partial charge in [-0.1, -0.05) is 121 Å². The van der Waals surface area contributed by atoms with Gasteiger partial charge < -0.3 is 5.41 Å². The number of hydrogen-bond donors (Lipinski definition) is 2. The molecule has 9 aromatic rings. The molecule has 0 atom stereocenters. The van der Waals surface area contributed by atoms with Crippen LogP contribution in [-0.2, 0) is 0 Å². The number of pyridine rings is 2. The quantitative estimate of drug-likeness (QED) is 0.172. The fraction of sp³-hybridized carbons (Fsp3) is 0. The number of aromatic nitrogens is 4. The maximum atomic E-state index is 8.99. The van der Waals surface area contributed by atoms with Gasteiger partial charge in [-0.05, 0) is 58.7 Å². The van der Waals surface area contributed by atoms with E-state index in [4.69, 9.17) is 15.4 Å². The van der Waals surface area contributed by atoms with Gasteiger partial charge in [-0.15, -0.1) is 0 Å². The zero-order chi connectivity index (χ0) is 32.7. The minimum absolute atomic E-state index is 0.410. The van der Waals surface area contributed by atoms with Crippen LogP contribution in [0.5, 0.6) is 0 Å². The van der Waals surface area contributed by atoms with Gasteiger partial charge in [0.2, 0.25) is 0 Å². The van der Waals surface area contributed by atoms with Crippen LogP contribution in [0.25, 0.3) is 66.4 Å². The highest BCUT2D eigenvalue weighted by molar-refractivity contribution is 6.25. The van der Waals surface area contributed by atoms with Crippen molar-refractivity contribution < 1.29 is 0 Å². The molecule has 9 rings (SSSR count). The fourth-order valence-corrected chi connectivity index (χ4v) is 6.81. The van der Waals surface area contributed by atoms with E-state index in [1.165, 1.54) is 5.56 Å². The van der Waals surface area contributed by atoms with E-state index in [-0.39, 0.29) is 0 Å². The third-order valence-corrected chi connectivity index (χ3v) is 9.08. The van der Waals surface area contributed by atoms with E-state index in [2.05, 4.69) is 99.6 Å². The van der Waals surface area contributed by atoms with Gasteiger partial charge >= 0.3 is 0 Å². The summed E-state index contributed by atoms with van der Waals surface area (Å²) in [5.74, 6) is 0.841. The minimum atomic E-state index is 0.410. The van der Waals surface area contributed by atoms with Crippen molar-refractivity contribution in [1.29, 1.82) is 5.41 Å². The number of fused-ring (bicyclic) bond motifs is 7. The van der Waals surface area contributed by atoms with Gasteiger partial charge in [0, 0.05) is 28.6 Å². The Morgan fingerprint density at radius 1 is 0.592 bits per heavy atom. The molecule has 0 unspecified atom stereocenters. The number of allylic oxidation sites excluding steroid dienone is 1. The highest BCUT2D eigenvalue weighted by atomic mass is 15.4. The SMILES string of the molecule is N=C(/C=C(\Nn1c2ccccc2c2c1ncc1c3cc(-c4ccccc4)ccc3n(-c3ccccn3)c12)c1ccccc1)c1ccccc1. The summed E-state index contributed by atoms with van der Waals surface area (Å²) in [5, 5.41) is 13.2. The summed E-state index contributed by atoms with van der Waals surface area (Å²) in [6.07, 6.45) is 5.72. The molecule has 4 heterocycles. The first-order valence-electron chi connectivity index (χ1n) is 16.3. The van der Waals surface area contributed by atoms with Crippen LogP contribution >= 0.6 is 0 Å². The summed E-state index contributed by atoms with van der Waals surface area (Å²) in [4.78, 5) is 10.0. The lowest BCUT2D eigenvalue weighted by atomic mass is 10.0. The number of nitrogens with one attached hydrogen (secondary N) is 2. The molecule has 49 heavy (non-hydrogen) atoms. The van der Waals surface area contributed by atoms with E-state index >= 15 is 0 Å².